The van der Waals surface area contributed by atoms with Crippen LogP contribution in [0.2, 0.25) is 0 Å². The maximum atomic E-state index is 10.9. The molecule has 1 aliphatic rings. The van der Waals surface area contributed by atoms with E-state index in [1.807, 2.05) is 6.92 Å². The topological polar surface area (TPSA) is 35.5 Å². The Labute approximate surface area is 96.5 Å². The molecule has 1 aliphatic heterocycles. The Morgan fingerprint density at radius 3 is 2.87 bits per heavy atom. The Morgan fingerprint density at radius 1 is 1.40 bits per heavy atom. The number of benzene rings is 1. The summed E-state index contributed by atoms with van der Waals surface area (Å²) in [5.74, 6) is 1.40. The molecule has 0 saturated heterocycles. The average Bonchev–Trinajstić information content (AvgIpc) is 2.43. The fraction of sp³-hybridized carbons (Fsp3) is 0.364. The first-order valence-electron chi connectivity index (χ1n) is 4.78. The lowest BCUT2D eigenvalue weighted by Crippen LogP contribution is -1.99. The predicted molar refractivity (Wildman–Crippen MR) is 59.9 cm³/mol. The smallest absolute Gasteiger partial charge is 0.164 e. The van der Waals surface area contributed by atoms with Gasteiger partial charge in [0.05, 0.1) is 13.2 Å². The van der Waals surface area contributed by atoms with Crippen molar-refractivity contribution in [3.8, 4) is 11.5 Å². The fourth-order valence-electron chi connectivity index (χ4n) is 1.59. The molecule has 80 valence electrons. The van der Waals surface area contributed by atoms with E-state index in [0.717, 1.165) is 22.7 Å². The van der Waals surface area contributed by atoms with Gasteiger partial charge < -0.3 is 9.47 Å². The highest BCUT2D eigenvalue weighted by Gasteiger charge is 2.17. The van der Waals surface area contributed by atoms with Crippen LogP contribution in [0.4, 0.5) is 0 Å². The molecule has 1 aromatic carbocycles. The normalized spacial score (nSPS) is 14.5. The highest BCUT2D eigenvalue weighted by molar-refractivity contribution is 9.10. The summed E-state index contributed by atoms with van der Waals surface area (Å²) in [5, 5.41) is 0. The van der Waals surface area contributed by atoms with Crippen molar-refractivity contribution in [3.63, 3.8) is 0 Å². The second-order valence-electron chi connectivity index (χ2n) is 3.39. The Morgan fingerprint density at radius 2 is 2.13 bits per heavy atom. The van der Waals surface area contributed by atoms with Crippen molar-refractivity contribution in [1.29, 1.82) is 0 Å². The number of rotatable bonds is 1. The summed E-state index contributed by atoms with van der Waals surface area (Å²) in [5.41, 5.74) is 1.45. The minimum absolute atomic E-state index is 0.624. The molecule has 0 saturated carbocycles. The van der Waals surface area contributed by atoms with Crippen molar-refractivity contribution in [2.24, 2.45) is 0 Å². The Bertz CT molecular complexity index is 401. The van der Waals surface area contributed by atoms with E-state index >= 15 is 0 Å². The number of ether oxygens (including phenoxy) is 2. The Balaban J connectivity index is 2.58. The van der Waals surface area contributed by atoms with E-state index in [1.165, 1.54) is 0 Å². The maximum Gasteiger partial charge on any atom is 0.164 e. The molecule has 1 heterocycles. The molecule has 0 fully saturated rings. The van der Waals surface area contributed by atoms with E-state index in [4.69, 9.17) is 9.47 Å². The predicted octanol–water partition coefficient (Wildman–Crippen LogP) is 2.73. The second kappa shape index (κ2) is 4.23. The lowest BCUT2D eigenvalue weighted by Gasteiger charge is -2.12. The zero-order valence-corrected chi connectivity index (χ0v) is 9.96. The van der Waals surface area contributed by atoms with Crippen LogP contribution in [0.3, 0.4) is 0 Å². The third-order valence-electron chi connectivity index (χ3n) is 2.39. The average molecular weight is 271 g/mol. The van der Waals surface area contributed by atoms with Gasteiger partial charge in [0, 0.05) is 22.0 Å². The van der Waals surface area contributed by atoms with Crippen LogP contribution in [0, 0.1) is 6.92 Å². The Hall–Kier alpha value is -1.03. The van der Waals surface area contributed by atoms with Crippen molar-refractivity contribution in [1.82, 2.24) is 0 Å². The monoisotopic (exact) mass is 270 g/mol. The molecule has 3 nitrogen and oxygen atoms in total. The van der Waals surface area contributed by atoms with Crippen LogP contribution in [0.15, 0.2) is 10.5 Å². The Kier molecular flexibility index (Phi) is 2.95. The SMILES string of the molecule is Cc1c(C=O)c(Br)cc2c1OCCCO2. The van der Waals surface area contributed by atoms with Crippen LogP contribution >= 0.6 is 15.9 Å². The summed E-state index contributed by atoms with van der Waals surface area (Å²) in [4.78, 5) is 10.9. The molecule has 0 bridgehead atoms. The zero-order valence-electron chi connectivity index (χ0n) is 8.38. The number of fused-ring (bicyclic) bond motifs is 1. The van der Waals surface area contributed by atoms with Crippen LogP contribution in [-0.4, -0.2) is 19.5 Å². The third kappa shape index (κ3) is 1.86. The molecule has 0 radical (unpaired) electrons. The highest BCUT2D eigenvalue weighted by Crippen LogP contribution is 2.38. The molecule has 4 heteroatoms. The molecule has 1 aromatic rings. The van der Waals surface area contributed by atoms with E-state index in [2.05, 4.69) is 15.9 Å². The lowest BCUT2D eigenvalue weighted by molar-refractivity contribution is 0.112. The van der Waals surface area contributed by atoms with Crippen molar-refractivity contribution >= 4 is 22.2 Å². The van der Waals surface area contributed by atoms with Gasteiger partial charge in [0.2, 0.25) is 0 Å². The van der Waals surface area contributed by atoms with Crippen LogP contribution in [0.5, 0.6) is 11.5 Å². The van der Waals surface area contributed by atoms with Crippen LogP contribution < -0.4 is 9.47 Å². The molecular formula is C11H11BrO3. The minimum Gasteiger partial charge on any atom is -0.490 e. The molecule has 0 N–H and O–H groups in total. The zero-order chi connectivity index (χ0) is 10.8. The van der Waals surface area contributed by atoms with E-state index in [-0.39, 0.29) is 0 Å². The van der Waals surface area contributed by atoms with Crippen molar-refractivity contribution < 1.29 is 14.3 Å². The highest BCUT2D eigenvalue weighted by atomic mass is 79.9. The van der Waals surface area contributed by atoms with Crippen LogP contribution in [0.1, 0.15) is 22.3 Å². The van der Waals surface area contributed by atoms with Gasteiger partial charge in [-0.1, -0.05) is 0 Å². The summed E-state index contributed by atoms with van der Waals surface area (Å²) >= 11 is 3.35. The van der Waals surface area contributed by atoms with Gasteiger partial charge in [-0.15, -0.1) is 0 Å². The number of hydrogen-bond acceptors (Lipinski definition) is 3. The number of aldehydes is 1. The van der Waals surface area contributed by atoms with Crippen molar-refractivity contribution in [2.45, 2.75) is 13.3 Å². The van der Waals surface area contributed by atoms with Crippen molar-refractivity contribution in [3.05, 3.63) is 21.7 Å². The molecule has 15 heavy (non-hydrogen) atoms. The summed E-state index contributed by atoms with van der Waals surface area (Å²) in [7, 11) is 0. The molecular weight excluding hydrogens is 260 g/mol. The largest absolute Gasteiger partial charge is 0.490 e. The van der Waals surface area contributed by atoms with E-state index in [1.54, 1.807) is 6.07 Å². The van der Waals surface area contributed by atoms with E-state index < -0.39 is 0 Å². The fourth-order valence-corrected chi connectivity index (χ4v) is 2.19. The second-order valence-corrected chi connectivity index (χ2v) is 4.25. The van der Waals surface area contributed by atoms with E-state index in [9.17, 15) is 4.79 Å². The molecule has 0 spiro atoms. The first kappa shape index (κ1) is 10.5. The first-order chi connectivity index (χ1) is 7.24. The summed E-state index contributed by atoms with van der Waals surface area (Å²) < 4.78 is 11.9. The number of halogens is 1. The molecule has 0 aromatic heterocycles. The van der Waals surface area contributed by atoms with Crippen molar-refractivity contribution in [2.75, 3.05) is 13.2 Å². The summed E-state index contributed by atoms with van der Waals surface area (Å²) in [6.07, 6.45) is 1.69. The van der Waals surface area contributed by atoms with E-state index in [0.29, 0.717) is 30.3 Å². The standard InChI is InChI=1S/C11H11BrO3/c1-7-8(6-13)9(12)5-10-11(7)15-4-2-3-14-10/h5-6H,2-4H2,1H3. The molecule has 0 unspecified atom stereocenters. The van der Waals surface area contributed by atoms with Gasteiger partial charge in [0.1, 0.15) is 0 Å². The number of carbonyl (C=O) groups excluding carboxylic acids is 1. The summed E-state index contributed by atoms with van der Waals surface area (Å²) in [6.45, 7) is 3.15. The number of hydrogen-bond donors (Lipinski definition) is 0. The quantitative estimate of drug-likeness (QED) is 0.737. The summed E-state index contributed by atoms with van der Waals surface area (Å²) in [6, 6.07) is 1.79. The number of carbonyl (C=O) groups is 1. The van der Waals surface area contributed by atoms with Gasteiger partial charge in [-0.2, -0.15) is 0 Å². The lowest BCUT2D eigenvalue weighted by atomic mass is 10.1. The van der Waals surface area contributed by atoms with Gasteiger partial charge in [-0.25, -0.2) is 0 Å². The molecule has 2 rings (SSSR count). The third-order valence-corrected chi connectivity index (χ3v) is 3.05. The first-order valence-corrected chi connectivity index (χ1v) is 5.57. The van der Waals surface area contributed by atoms with Crippen LogP contribution in [0.25, 0.3) is 0 Å². The van der Waals surface area contributed by atoms with Gasteiger partial charge in [0.25, 0.3) is 0 Å². The molecule has 0 atom stereocenters. The molecule has 0 amide bonds. The van der Waals surface area contributed by atoms with Crippen LogP contribution in [-0.2, 0) is 0 Å². The van der Waals surface area contributed by atoms with Gasteiger partial charge in [-0.3, -0.25) is 4.79 Å². The van der Waals surface area contributed by atoms with Gasteiger partial charge in [0.15, 0.2) is 17.8 Å². The minimum atomic E-state index is 0.624. The molecule has 0 aliphatic carbocycles. The van der Waals surface area contributed by atoms with Gasteiger partial charge >= 0.3 is 0 Å². The maximum absolute atomic E-state index is 10.9. The van der Waals surface area contributed by atoms with Gasteiger partial charge in [-0.05, 0) is 28.9 Å².